The molecule has 12 aliphatic carbocycles. The third-order valence-corrected chi connectivity index (χ3v) is 25.9. The molecule has 4 heterocycles. The van der Waals surface area contributed by atoms with Crippen LogP contribution in [0.15, 0.2) is 29.3 Å². The number of likely N-dealkylation sites (tertiary alicyclic amines) is 2. The smallest absolute Gasteiger partial charge is 0.165 e. The number of aryl methyl sites for hydroxylation is 1. The number of aromatic hydroxyl groups is 1. The molecule has 2 aromatic carbocycles. The maximum Gasteiger partial charge on any atom is 0.165 e. The topological polar surface area (TPSA) is 97.5 Å². The van der Waals surface area contributed by atoms with Gasteiger partial charge in [-0.05, 0) is 168 Å². The zero-order valence-corrected chi connectivity index (χ0v) is 46.1. The Kier molecular flexibility index (Phi) is 8.76. The number of phenols is 1. The summed E-state index contributed by atoms with van der Waals surface area (Å²) in [6, 6.07) is 10.2. The van der Waals surface area contributed by atoms with E-state index in [-0.39, 0.29) is 72.9 Å². The van der Waals surface area contributed by atoms with Crippen molar-refractivity contribution in [3.8, 4) is 17.2 Å². The van der Waals surface area contributed by atoms with Crippen LogP contribution in [0.5, 0.6) is 17.2 Å². The number of rotatable bonds is 6. The van der Waals surface area contributed by atoms with E-state index in [4.69, 9.17) is 9.47 Å². The lowest BCUT2D eigenvalue weighted by Gasteiger charge is -2.70. The molecule has 12 fully saturated rings. The number of aliphatic hydroxyl groups is 2. The van der Waals surface area contributed by atoms with Gasteiger partial charge in [-0.2, -0.15) is 0 Å². The Morgan fingerprint density at radius 3 is 1.50 bits per heavy atom. The van der Waals surface area contributed by atoms with Crippen LogP contribution in [0.2, 0.25) is 0 Å². The zero-order chi connectivity index (χ0) is 49.4. The van der Waals surface area contributed by atoms with Crippen LogP contribution in [-0.2, 0) is 23.7 Å². The highest BCUT2D eigenvalue weighted by atomic mass is 31.0. The highest BCUT2D eigenvalue weighted by Gasteiger charge is 2.93. The zero-order valence-electron chi connectivity index (χ0n) is 44.9. The molecule has 19 atom stereocenters. The standard InChI is InChI=1S/C30H41NO2.C29H39NO3.C2H6NP/c1-17-7-10-19-13-29-16-30-21(19)22(17)33-24(30)26(5)11-12-28(30,23(29)31(29)15-18-8-9-18)14-20(26)27(6,32)25(2,3)4;1-24(2,3)26(5,32)19-13-27-11-10-25(19,4)23-29(27)15-28(22(27)30(28)14-16-6-7-16)12-17-8-9-18(31)21(33-23)20(17)29;1-3-2-4/h7,10,18,20,23-24,32H,8-9,11-16H2,1-6H3;8-9,16,19,22-23,31-32H,6-7,10-15H2,1-5H3;2H,4H2,1H3/t20?,23-,24?,26?,27?,28?,29?,30-,31?;19?,22-,23?,25?,26?,27?,28?,29-,30?;/m00./s1. The minimum atomic E-state index is -0.778. The molecule has 8 nitrogen and oxygen atoms in total. The van der Waals surface area contributed by atoms with E-state index in [9.17, 15) is 15.3 Å². The highest BCUT2D eigenvalue weighted by molar-refractivity contribution is 7.36. The number of aliphatic imine (C=N–C) groups is 1. The normalized spacial score (nSPS) is 49.2. The molecule has 2 saturated heterocycles. The summed E-state index contributed by atoms with van der Waals surface area (Å²) in [6.45, 7) is 27.3. The largest absolute Gasteiger partial charge is 0.504 e. The number of fused-ring (bicyclic) bond motifs is 4. The van der Waals surface area contributed by atoms with Gasteiger partial charge in [-0.25, -0.2) is 0 Å². The molecule has 10 saturated carbocycles. The van der Waals surface area contributed by atoms with Crippen LogP contribution in [0.4, 0.5) is 0 Å². The van der Waals surface area contributed by atoms with Crippen LogP contribution in [0.25, 0.3) is 0 Å². The van der Waals surface area contributed by atoms with Gasteiger partial charge in [0.15, 0.2) is 11.5 Å². The second kappa shape index (κ2) is 13.2. The van der Waals surface area contributed by atoms with Crippen LogP contribution in [0.1, 0.15) is 174 Å². The Bertz CT molecular complexity index is 2500. The van der Waals surface area contributed by atoms with Crippen molar-refractivity contribution in [2.75, 3.05) is 20.1 Å². The quantitative estimate of drug-likeness (QED) is 0.151. The lowest BCUT2D eigenvalue weighted by atomic mass is 9.35. The Balaban J connectivity index is 0.000000122. The van der Waals surface area contributed by atoms with Gasteiger partial charge in [-0.3, -0.25) is 14.8 Å². The molecule has 380 valence electrons. The van der Waals surface area contributed by atoms with Gasteiger partial charge in [0.2, 0.25) is 0 Å². The minimum absolute atomic E-state index is 0.0108. The predicted octanol–water partition coefficient (Wildman–Crippen LogP) is 10.7. The van der Waals surface area contributed by atoms with E-state index >= 15 is 0 Å². The lowest BCUT2D eigenvalue weighted by Crippen LogP contribution is -2.73. The van der Waals surface area contributed by atoms with Crippen molar-refractivity contribution in [3.63, 3.8) is 0 Å². The molecule has 2 aromatic rings. The van der Waals surface area contributed by atoms with E-state index in [0.717, 1.165) is 36.8 Å². The van der Waals surface area contributed by atoms with Crippen LogP contribution < -0.4 is 9.47 Å². The molecule has 8 bridgehead atoms. The third-order valence-electron chi connectivity index (χ3n) is 25.6. The van der Waals surface area contributed by atoms with Crippen molar-refractivity contribution in [1.29, 1.82) is 0 Å². The van der Waals surface area contributed by atoms with E-state index in [2.05, 4.69) is 118 Å². The summed E-state index contributed by atoms with van der Waals surface area (Å²) in [7, 11) is 4.09. The number of hydrogen-bond acceptors (Lipinski definition) is 8. The molecular formula is C61H86N3O5P. The fraction of sp³-hybridized carbons (Fsp3) is 0.787. The summed E-state index contributed by atoms with van der Waals surface area (Å²) in [5.41, 5.74) is 6.64. The molecule has 4 aliphatic heterocycles. The second-order valence-corrected chi connectivity index (χ2v) is 30.4. The van der Waals surface area contributed by atoms with Gasteiger partial charge in [0, 0.05) is 92.9 Å². The first kappa shape index (κ1) is 46.3. The first-order valence-corrected chi connectivity index (χ1v) is 28.9. The van der Waals surface area contributed by atoms with Crippen molar-refractivity contribution < 1.29 is 24.8 Å². The first-order chi connectivity index (χ1) is 32.8. The van der Waals surface area contributed by atoms with Crippen LogP contribution in [0.3, 0.4) is 0 Å². The van der Waals surface area contributed by atoms with Gasteiger partial charge in [0.25, 0.3) is 0 Å². The monoisotopic (exact) mass is 972 g/mol. The molecule has 16 aliphatic rings. The molecule has 15 unspecified atom stereocenters. The van der Waals surface area contributed by atoms with Crippen LogP contribution in [0, 0.1) is 63.1 Å². The van der Waals surface area contributed by atoms with E-state index in [1.807, 2.05) is 6.07 Å². The summed E-state index contributed by atoms with van der Waals surface area (Å²) in [5.74, 6) is 6.30. The van der Waals surface area contributed by atoms with Crippen LogP contribution in [-0.4, -0.2) is 97.8 Å². The molecule has 3 N–H and O–H groups in total. The maximum absolute atomic E-state index is 12.2. The third kappa shape index (κ3) is 4.92. The Morgan fingerprint density at radius 2 is 1.09 bits per heavy atom. The van der Waals surface area contributed by atoms with Crippen molar-refractivity contribution in [2.24, 2.45) is 61.2 Å². The average molecular weight is 972 g/mol. The summed E-state index contributed by atoms with van der Waals surface area (Å²) in [6.07, 6.45) is 17.9. The van der Waals surface area contributed by atoms with Gasteiger partial charge in [0.05, 0.1) is 11.2 Å². The van der Waals surface area contributed by atoms with Crippen LogP contribution >= 0.6 is 9.24 Å². The Morgan fingerprint density at radius 1 is 0.671 bits per heavy atom. The first-order valence-electron chi connectivity index (χ1n) is 28.2. The average Bonchev–Trinajstić information content (AvgIpc) is 4.27. The highest BCUT2D eigenvalue weighted by Crippen LogP contribution is 2.89. The van der Waals surface area contributed by atoms with E-state index in [1.165, 1.54) is 106 Å². The molecule has 0 amide bonds. The summed E-state index contributed by atoms with van der Waals surface area (Å²) in [5, 5.41) is 35.3. The summed E-state index contributed by atoms with van der Waals surface area (Å²) in [4.78, 5) is 9.47. The summed E-state index contributed by atoms with van der Waals surface area (Å²) < 4.78 is 14.1. The number of hydrogen-bond donors (Lipinski definition) is 3. The van der Waals surface area contributed by atoms with Gasteiger partial charge in [-0.15, -0.1) is 0 Å². The second-order valence-electron chi connectivity index (χ2n) is 30.1. The van der Waals surface area contributed by atoms with Crippen molar-refractivity contribution in [1.82, 2.24) is 9.80 Å². The van der Waals surface area contributed by atoms with Crippen molar-refractivity contribution in [3.05, 3.63) is 52.1 Å². The number of piperidine rings is 2. The molecule has 70 heavy (non-hydrogen) atoms. The van der Waals surface area contributed by atoms with Crippen molar-refractivity contribution >= 4 is 15.2 Å². The SMILES string of the molecule is CC12CCC3(CC1C(C)(O)C(C)(C)C)[C@@H]1N(CC4CC4)C14Cc1ccc(O)c5c1[C@@]3(C4)C2O5.CN=CP.Cc1ccc2c3c1OC1C4(C)CCC5(CC4C(C)(O)C(C)(C)C)[C@@H]4N(CC6CC6)C4(C2)C[C@]315. The fourth-order valence-electron chi connectivity index (χ4n) is 21.4. The molecular weight excluding hydrogens is 886 g/mol. The minimum Gasteiger partial charge on any atom is -0.504 e. The van der Waals surface area contributed by atoms with E-state index in [0.29, 0.717) is 23.4 Å². The van der Waals surface area contributed by atoms with Crippen molar-refractivity contribution in [2.45, 2.75) is 223 Å². The maximum atomic E-state index is 12.2. The predicted molar refractivity (Wildman–Crippen MR) is 280 cm³/mol. The lowest BCUT2D eigenvalue weighted by molar-refractivity contribution is -0.246. The molecule has 0 aromatic heterocycles. The summed E-state index contributed by atoms with van der Waals surface area (Å²) >= 11 is 0. The van der Waals surface area contributed by atoms with Gasteiger partial charge in [0.1, 0.15) is 18.0 Å². The Hall–Kier alpha value is -2.22. The number of nitrogens with zero attached hydrogens (tertiary/aromatic N) is 3. The Labute approximate surface area is 422 Å². The fourth-order valence-corrected chi connectivity index (χ4v) is 21.4. The van der Waals surface area contributed by atoms with Gasteiger partial charge < -0.3 is 24.8 Å². The van der Waals surface area contributed by atoms with Gasteiger partial charge >= 0.3 is 0 Å². The molecule has 0 radical (unpaired) electrons. The van der Waals surface area contributed by atoms with E-state index in [1.54, 1.807) is 24.1 Å². The number of ether oxygens (including phenoxy) is 2. The van der Waals surface area contributed by atoms with Gasteiger partial charge in [-0.1, -0.05) is 82.8 Å². The molecule has 6 spiro atoms. The number of phenolic OH excluding ortho intramolecular Hbond substituents is 1. The number of benzene rings is 2. The molecule has 9 heteroatoms. The molecule has 18 rings (SSSR count). The van der Waals surface area contributed by atoms with E-state index < -0.39 is 11.2 Å².